The second-order valence-electron chi connectivity index (χ2n) is 16.6. The standard InChI is InChI=1S/C45H24B5N3O25/c46-12-1(7-19(56)16(50)20(57)8-4-15(49)29(66)36(73)40(77)42(4)78-41(7)8)13(47)9(17(54)2(12)3-14(48)18(55)5(22(59)21(3)58)6-23(60)30(67)37(74)31(68)24(6)61)43-51-44(10-25(62)32(69)38(75)33(70)26(10)63)53-45(52-43)11-27(64)34(71)39(76)35(72)28(11)65/h54-77H. The van der Waals surface area contributed by atoms with Gasteiger partial charge < -0.3 is 127 Å². The Hall–Kier alpha value is -11.1. The van der Waals surface area contributed by atoms with Gasteiger partial charge in [0, 0.05) is 16.5 Å². The summed E-state index contributed by atoms with van der Waals surface area (Å²) in [4.78, 5) is 11.9. The number of hydrogen-bond donors (Lipinski definition) is 24. The van der Waals surface area contributed by atoms with E-state index < -0.39 is 255 Å². The van der Waals surface area contributed by atoms with Crippen LogP contribution in [0.5, 0.6) is 138 Å². The first kappa shape index (κ1) is 51.8. The highest BCUT2D eigenvalue weighted by molar-refractivity contribution is 6.53. The third-order valence-corrected chi connectivity index (χ3v) is 12.5. The molecule has 0 atom stereocenters. The summed E-state index contributed by atoms with van der Waals surface area (Å²) in [6.45, 7) is 0. The zero-order valence-corrected chi connectivity index (χ0v) is 37.9. The third kappa shape index (κ3) is 6.56. The Morgan fingerprint density at radius 2 is 0.500 bits per heavy atom. The summed E-state index contributed by atoms with van der Waals surface area (Å²) in [6, 6.07) is 0. The molecule has 0 spiro atoms. The van der Waals surface area contributed by atoms with Crippen LogP contribution in [0.2, 0.25) is 0 Å². The number of benzene rings is 7. The third-order valence-electron chi connectivity index (χ3n) is 12.5. The molecule has 0 amide bonds. The lowest BCUT2D eigenvalue weighted by atomic mass is 9.68. The van der Waals surface area contributed by atoms with E-state index in [0.717, 1.165) is 0 Å². The molecular formula is C45H24B5N3O25. The molecule has 0 aliphatic heterocycles. The minimum Gasteiger partial charge on any atom is -0.508 e. The van der Waals surface area contributed by atoms with E-state index in [1.54, 1.807) is 0 Å². The van der Waals surface area contributed by atoms with Gasteiger partial charge in [-0.05, 0) is 22.0 Å². The monoisotopic (exact) mass is 1060 g/mol. The van der Waals surface area contributed by atoms with Gasteiger partial charge in [0.05, 0.1) is 27.6 Å². The number of hydrogen-bond acceptors (Lipinski definition) is 28. The van der Waals surface area contributed by atoms with E-state index in [1.807, 2.05) is 0 Å². The largest absolute Gasteiger partial charge is 0.508 e. The van der Waals surface area contributed by atoms with Crippen molar-refractivity contribution in [2.45, 2.75) is 0 Å². The lowest BCUT2D eigenvalue weighted by Gasteiger charge is -2.26. The second kappa shape index (κ2) is 17.0. The number of phenols is 24. The normalized spacial score (nSPS) is 11.5. The number of fused-ring (bicyclic) bond motifs is 3. The van der Waals surface area contributed by atoms with Crippen molar-refractivity contribution in [2.75, 3.05) is 0 Å². The Balaban J connectivity index is 1.54. The van der Waals surface area contributed by atoms with Gasteiger partial charge in [0.25, 0.3) is 0 Å². The Bertz CT molecular complexity index is 4080. The van der Waals surface area contributed by atoms with Crippen molar-refractivity contribution < 1.29 is 127 Å². The van der Waals surface area contributed by atoms with E-state index in [9.17, 15) is 123 Å². The maximum absolute atomic E-state index is 12.6. The summed E-state index contributed by atoms with van der Waals surface area (Å²) < 4.78 is 5.81. The topological polar surface area (TPSA) is 537 Å². The zero-order chi connectivity index (χ0) is 57.8. The summed E-state index contributed by atoms with van der Waals surface area (Å²) in [6.07, 6.45) is 0. The highest BCUT2D eigenvalue weighted by atomic mass is 16.4. The quantitative estimate of drug-likeness (QED) is 0.0521. The van der Waals surface area contributed by atoms with Gasteiger partial charge in [-0.1, -0.05) is 10.9 Å². The van der Waals surface area contributed by atoms with Crippen LogP contribution in [0.4, 0.5) is 0 Å². The van der Waals surface area contributed by atoms with Crippen LogP contribution in [0, 0.1) is 0 Å². The summed E-state index contributed by atoms with van der Waals surface area (Å²) in [5.74, 6) is -40.6. The molecule has 0 fully saturated rings. The number of nitrogens with zero attached hydrogens (tertiary/aromatic N) is 3. The molecule has 0 bridgehead atoms. The summed E-state index contributed by atoms with van der Waals surface area (Å²) in [5.41, 5.74) is -18.5. The van der Waals surface area contributed by atoms with E-state index in [2.05, 4.69) is 15.0 Å². The fraction of sp³-hybridized carbons (Fsp3) is 0. The molecule has 24 N–H and O–H groups in total. The number of phenolic OH excluding ortho intramolecular Hbond substituents is 24. The van der Waals surface area contributed by atoms with Crippen LogP contribution in [0.15, 0.2) is 4.42 Å². The predicted molar refractivity (Wildman–Crippen MR) is 267 cm³/mol. The molecule has 0 aliphatic rings. The van der Waals surface area contributed by atoms with E-state index in [4.69, 9.17) is 43.6 Å². The fourth-order valence-corrected chi connectivity index (χ4v) is 8.61. The molecule has 10 radical (unpaired) electrons. The van der Waals surface area contributed by atoms with Gasteiger partial charge in [0.15, 0.2) is 80.4 Å². The molecule has 9 rings (SSSR count). The maximum Gasteiger partial charge on any atom is 0.208 e. The summed E-state index contributed by atoms with van der Waals surface area (Å²) in [5, 5.41) is 261. The molecule has 33 heteroatoms. The maximum atomic E-state index is 12.6. The highest BCUT2D eigenvalue weighted by Gasteiger charge is 2.38. The van der Waals surface area contributed by atoms with Crippen molar-refractivity contribution in [1.82, 2.24) is 15.0 Å². The molecule has 28 nitrogen and oxygen atoms in total. The molecule has 0 saturated carbocycles. The van der Waals surface area contributed by atoms with Crippen molar-refractivity contribution >= 4 is 88.5 Å². The molecule has 2 heterocycles. The molecular weight excluding hydrogens is 1040 g/mol. The van der Waals surface area contributed by atoms with Gasteiger partial charge in [-0.3, -0.25) is 0 Å². The first-order valence-electron chi connectivity index (χ1n) is 20.8. The molecule has 0 aliphatic carbocycles. The Morgan fingerprint density at radius 1 is 0.192 bits per heavy atom. The number of aromatic nitrogens is 3. The van der Waals surface area contributed by atoms with Gasteiger partial charge in [-0.25, -0.2) is 15.0 Å². The van der Waals surface area contributed by atoms with Crippen molar-refractivity contribution in [3.63, 3.8) is 0 Å². The van der Waals surface area contributed by atoms with Gasteiger partial charge in [-0.15, -0.1) is 0 Å². The first-order valence-corrected chi connectivity index (χ1v) is 20.8. The molecule has 9 aromatic rings. The second-order valence-corrected chi connectivity index (χ2v) is 16.6. The molecule has 78 heavy (non-hydrogen) atoms. The van der Waals surface area contributed by atoms with Gasteiger partial charge in [-0.2, -0.15) is 0 Å². The van der Waals surface area contributed by atoms with Crippen LogP contribution in [0.3, 0.4) is 0 Å². The van der Waals surface area contributed by atoms with Crippen LogP contribution < -0.4 is 27.3 Å². The van der Waals surface area contributed by atoms with Crippen molar-refractivity contribution in [3.8, 4) is 206 Å². The zero-order valence-electron chi connectivity index (χ0n) is 37.9. The van der Waals surface area contributed by atoms with E-state index in [-0.39, 0.29) is 0 Å². The van der Waals surface area contributed by atoms with E-state index >= 15 is 0 Å². The van der Waals surface area contributed by atoms with Crippen LogP contribution in [0.1, 0.15) is 0 Å². The lowest BCUT2D eigenvalue weighted by molar-refractivity contribution is 0.329. The molecule has 0 saturated heterocycles. The predicted octanol–water partition coefficient (Wildman–Crippen LogP) is -1.32. The van der Waals surface area contributed by atoms with Gasteiger partial charge in [0.1, 0.15) is 73.4 Å². The first-order chi connectivity index (χ1) is 36.3. The van der Waals surface area contributed by atoms with Crippen molar-refractivity contribution in [2.24, 2.45) is 0 Å². The minimum absolute atomic E-state index is 0.656. The number of furan rings is 1. The average molecular weight is 1060 g/mol. The van der Waals surface area contributed by atoms with Crippen LogP contribution in [0.25, 0.3) is 89.5 Å². The molecule has 384 valence electrons. The molecule has 7 aromatic carbocycles. The summed E-state index contributed by atoms with van der Waals surface area (Å²) in [7, 11) is 32.2. The summed E-state index contributed by atoms with van der Waals surface area (Å²) >= 11 is 0. The van der Waals surface area contributed by atoms with Crippen LogP contribution in [-0.4, -0.2) is 177 Å². The fourth-order valence-electron chi connectivity index (χ4n) is 8.61. The van der Waals surface area contributed by atoms with Crippen molar-refractivity contribution in [3.05, 3.63) is 0 Å². The Kier molecular flexibility index (Phi) is 11.3. The van der Waals surface area contributed by atoms with Gasteiger partial charge >= 0.3 is 0 Å². The van der Waals surface area contributed by atoms with Crippen molar-refractivity contribution in [1.29, 1.82) is 0 Å². The average Bonchev–Trinajstić information content (AvgIpc) is 4.00. The lowest BCUT2D eigenvalue weighted by Crippen LogP contribution is -2.27. The minimum atomic E-state index is -1.71. The van der Waals surface area contributed by atoms with Gasteiger partial charge in [0.2, 0.25) is 63.2 Å². The number of rotatable bonds is 6. The van der Waals surface area contributed by atoms with E-state index in [0.29, 0.717) is 0 Å². The molecule has 0 unspecified atom stereocenters. The molecule has 2 aromatic heterocycles. The number of aromatic hydroxyl groups is 24. The Labute approximate surface area is 434 Å². The van der Waals surface area contributed by atoms with E-state index in [1.165, 1.54) is 0 Å². The van der Waals surface area contributed by atoms with Crippen LogP contribution in [-0.2, 0) is 0 Å². The smallest absolute Gasteiger partial charge is 0.208 e. The SMILES string of the molecule is [B]c1c(-c2c(O)c([B])c(O)c3c2oc2c(O)c(O)c(O)c([B])c23)c([B])c(-c2c([B])c(O)c(-c3c(O)c(O)c(O)c(O)c3O)c(O)c2O)c(O)c1-c1nc(-c2c(O)c(O)c(O)c(O)c2O)nc(-c2c(O)c(O)c(O)c(O)c2O)n1. The highest BCUT2D eigenvalue weighted by Crippen LogP contribution is 2.61. The Morgan fingerprint density at radius 3 is 0.936 bits per heavy atom. The van der Waals surface area contributed by atoms with Crippen LogP contribution >= 0.6 is 0 Å².